The van der Waals surface area contributed by atoms with Crippen LogP contribution in [0.2, 0.25) is 0 Å². The molecule has 0 spiro atoms. The Labute approximate surface area is 135 Å². The van der Waals surface area contributed by atoms with Crippen molar-refractivity contribution in [1.82, 2.24) is 5.32 Å². The zero-order chi connectivity index (χ0) is 15.2. The van der Waals surface area contributed by atoms with Crippen LogP contribution in [0.3, 0.4) is 0 Å². The second-order valence-electron chi connectivity index (χ2n) is 5.42. The molecule has 2 aromatic carbocycles. The Hall–Kier alpha value is -1.32. The zero-order valence-electron chi connectivity index (χ0n) is 12.5. The number of phenolic OH excluding ortho intramolecular Hbond substituents is 1. The average Bonchev–Trinajstić information content (AvgIpc) is 2.48. The maximum absolute atomic E-state index is 10.00. The third kappa shape index (κ3) is 4.58. The molecule has 0 amide bonds. The summed E-state index contributed by atoms with van der Waals surface area (Å²) >= 11 is 3.46. The van der Waals surface area contributed by atoms with Crippen molar-refractivity contribution in [2.75, 3.05) is 0 Å². The van der Waals surface area contributed by atoms with E-state index in [1.807, 2.05) is 18.2 Å². The fourth-order valence-electron chi connectivity index (χ4n) is 2.59. The second-order valence-corrected chi connectivity index (χ2v) is 6.33. The summed E-state index contributed by atoms with van der Waals surface area (Å²) in [5.41, 5.74) is 2.29. The molecule has 0 saturated heterocycles. The van der Waals surface area contributed by atoms with Crippen LogP contribution in [0.25, 0.3) is 0 Å². The van der Waals surface area contributed by atoms with Gasteiger partial charge in [0.25, 0.3) is 0 Å². The summed E-state index contributed by atoms with van der Waals surface area (Å²) in [5, 5.41) is 13.6. The summed E-state index contributed by atoms with van der Waals surface area (Å²) in [6.07, 6.45) is 1.92. The van der Waals surface area contributed by atoms with Gasteiger partial charge < -0.3 is 10.4 Å². The number of para-hydroxylation sites is 1. The molecule has 112 valence electrons. The summed E-state index contributed by atoms with van der Waals surface area (Å²) in [7, 11) is 0. The van der Waals surface area contributed by atoms with Gasteiger partial charge in [-0.3, -0.25) is 0 Å². The molecule has 0 aliphatic rings. The van der Waals surface area contributed by atoms with Crippen LogP contribution in [0.4, 0.5) is 0 Å². The average molecular weight is 348 g/mol. The lowest BCUT2D eigenvalue weighted by atomic mass is 10.0. The highest BCUT2D eigenvalue weighted by Crippen LogP contribution is 2.26. The van der Waals surface area contributed by atoms with Crippen LogP contribution in [0.1, 0.15) is 37.4 Å². The summed E-state index contributed by atoms with van der Waals surface area (Å²) < 4.78 is 1.10. The number of phenols is 1. The smallest absolute Gasteiger partial charge is 0.120 e. The van der Waals surface area contributed by atoms with Crippen molar-refractivity contribution < 1.29 is 5.11 Å². The molecule has 2 aromatic rings. The molecule has 0 fully saturated rings. The minimum Gasteiger partial charge on any atom is -0.508 e. The van der Waals surface area contributed by atoms with E-state index >= 15 is 0 Å². The van der Waals surface area contributed by atoms with Gasteiger partial charge in [0.2, 0.25) is 0 Å². The van der Waals surface area contributed by atoms with Gasteiger partial charge in [-0.05, 0) is 43.5 Å². The van der Waals surface area contributed by atoms with Crippen LogP contribution in [0, 0.1) is 0 Å². The third-order valence-electron chi connectivity index (χ3n) is 3.66. The topological polar surface area (TPSA) is 32.3 Å². The van der Waals surface area contributed by atoms with Crippen molar-refractivity contribution in [2.24, 2.45) is 0 Å². The number of rotatable bonds is 6. The molecule has 0 aromatic heterocycles. The van der Waals surface area contributed by atoms with Crippen molar-refractivity contribution in [3.05, 3.63) is 64.1 Å². The zero-order valence-corrected chi connectivity index (χ0v) is 14.1. The van der Waals surface area contributed by atoms with Gasteiger partial charge >= 0.3 is 0 Å². The van der Waals surface area contributed by atoms with Crippen LogP contribution >= 0.6 is 15.9 Å². The highest BCUT2D eigenvalue weighted by atomic mass is 79.9. The Balaban J connectivity index is 2.01. The maximum Gasteiger partial charge on any atom is 0.120 e. The number of benzene rings is 2. The van der Waals surface area contributed by atoms with E-state index in [-0.39, 0.29) is 6.04 Å². The lowest BCUT2D eigenvalue weighted by molar-refractivity contribution is 0.413. The predicted octanol–water partition coefficient (Wildman–Crippen LogP) is 4.83. The van der Waals surface area contributed by atoms with Crippen LogP contribution in [-0.2, 0) is 6.42 Å². The highest BCUT2D eigenvalue weighted by Gasteiger charge is 2.15. The summed E-state index contributed by atoms with van der Waals surface area (Å²) in [6.45, 7) is 4.32. The quantitative estimate of drug-likeness (QED) is 0.784. The van der Waals surface area contributed by atoms with Gasteiger partial charge in [-0.1, -0.05) is 53.2 Å². The number of hydrogen-bond acceptors (Lipinski definition) is 2. The van der Waals surface area contributed by atoms with Crippen LogP contribution in [0.15, 0.2) is 53.0 Å². The molecule has 21 heavy (non-hydrogen) atoms. The van der Waals surface area contributed by atoms with Crippen LogP contribution in [0.5, 0.6) is 5.75 Å². The van der Waals surface area contributed by atoms with E-state index in [2.05, 4.69) is 59.4 Å². The van der Waals surface area contributed by atoms with Crippen molar-refractivity contribution in [1.29, 1.82) is 0 Å². The fraction of sp³-hybridized carbons (Fsp3) is 0.333. The van der Waals surface area contributed by atoms with E-state index in [4.69, 9.17) is 0 Å². The standard InChI is InChI=1S/C18H22BrNO/c1-3-17(16-6-4-5-7-18(16)21)20-13(2)12-14-8-10-15(19)11-9-14/h4-11,13,17,20-21H,3,12H2,1-2H3. The lowest BCUT2D eigenvalue weighted by Gasteiger charge is -2.23. The largest absolute Gasteiger partial charge is 0.508 e. The molecule has 2 N–H and O–H groups in total. The van der Waals surface area contributed by atoms with Crippen LogP contribution in [-0.4, -0.2) is 11.1 Å². The number of hydrogen-bond donors (Lipinski definition) is 2. The van der Waals surface area contributed by atoms with Gasteiger partial charge in [-0.15, -0.1) is 0 Å². The van der Waals surface area contributed by atoms with E-state index in [1.54, 1.807) is 6.07 Å². The van der Waals surface area contributed by atoms with E-state index in [9.17, 15) is 5.11 Å². The van der Waals surface area contributed by atoms with Gasteiger partial charge in [0.1, 0.15) is 5.75 Å². The fourth-order valence-corrected chi connectivity index (χ4v) is 2.85. The van der Waals surface area contributed by atoms with Crippen molar-refractivity contribution in [3.8, 4) is 5.75 Å². The molecule has 2 nitrogen and oxygen atoms in total. The van der Waals surface area contributed by atoms with E-state index < -0.39 is 0 Å². The predicted molar refractivity (Wildman–Crippen MR) is 91.6 cm³/mol. The Morgan fingerprint density at radius 1 is 1.10 bits per heavy atom. The molecule has 2 atom stereocenters. The highest BCUT2D eigenvalue weighted by molar-refractivity contribution is 9.10. The Morgan fingerprint density at radius 3 is 2.38 bits per heavy atom. The molecule has 0 heterocycles. The van der Waals surface area contributed by atoms with Crippen molar-refractivity contribution >= 4 is 15.9 Å². The van der Waals surface area contributed by atoms with Gasteiger partial charge in [0.05, 0.1) is 0 Å². The normalized spacial score (nSPS) is 13.9. The molecule has 0 radical (unpaired) electrons. The Morgan fingerprint density at radius 2 is 1.76 bits per heavy atom. The Bertz CT molecular complexity index is 568. The van der Waals surface area contributed by atoms with E-state index in [0.717, 1.165) is 22.9 Å². The minimum atomic E-state index is 0.177. The maximum atomic E-state index is 10.00. The van der Waals surface area contributed by atoms with Crippen molar-refractivity contribution in [2.45, 2.75) is 38.8 Å². The molecular weight excluding hydrogens is 326 g/mol. The molecule has 0 bridgehead atoms. The molecule has 0 saturated carbocycles. The molecule has 3 heteroatoms. The monoisotopic (exact) mass is 347 g/mol. The third-order valence-corrected chi connectivity index (χ3v) is 4.19. The van der Waals surface area contributed by atoms with Gasteiger partial charge in [0.15, 0.2) is 0 Å². The number of aromatic hydroxyl groups is 1. The van der Waals surface area contributed by atoms with Gasteiger partial charge in [-0.25, -0.2) is 0 Å². The molecule has 2 unspecified atom stereocenters. The first-order valence-electron chi connectivity index (χ1n) is 7.38. The van der Waals surface area contributed by atoms with Gasteiger partial charge in [0, 0.05) is 22.1 Å². The van der Waals surface area contributed by atoms with Crippen LogP contribution < -0.4 is 5.32 Å². The SMILES string of the molecule is CCC(NC(C)Cc1ccc(Br)cc1)c1ccccc1O. The molecule has 0 aliphatic heterocycles. The summed E-state index contributed by atoms with van der Waals surface area (Å²) in [6, 6.07) is 16.5. The Kier molecular flexibility index (Phi) is 5.83. The van der Waals surface area contributed by atoms with Crippen molar-refractivity contribution in [3.63, 3.8) is 0 Å². The molecule has 2 rings (SSSR count). The minimum absolute atomic E-state index is 0.177. The first kappa shape index (κ1) is 16.1. The number of nitrogens with one attached hydrogen (secondary N) is 1. The second kappa shape index (κ2) is 7.62. The van der Waals surface area contributed by atoms with E-state index in [1.165, 1.54) is 5.56 Å². The molecule has 0 aliphatic carbocycles. The summed E-state index contributed by atoms with van der Waals surface area (Å²) in [4.78, 5) is 0. The van der Waals surface area contributed by atoms with Gasteiger partial charge in [-0.2, -0.15) is 0 Å². The number of halogens is 1. The van der Waals surface area contributed by atoms with E-state index in [0.29, 0.717) is 11.8 Å². The molecular formula is C18H22BrNO. The first-order valence-corrected chi connectivity index (χ1v) is 8.17. The summed E-state index contributed by atoms with van der Waals surface area (Å²) in [5.74, 6) is 0.368. The first-order chi connectivity index (χ1) is 10.1. The lowest BCUT2D eigenvalue weighted by Crippen LogP contribution is -2.32.